The molecule has 2 saturated heterocycles. The third kappa shape index (κ3) is 4.83. The number of methoxy groups -OCH3 is 1. The Morgan fingerprint density at radius 2 is 2.00 bits per heavy atom. The second kappa shape index (κ2) is 9.36. The van der Waals surface area contributed by atoms with E-state index in [-0.39, 0.29) is 18.4 Å². The van der Waals surface area contributed by atoms with Crippen LogP contribution in [0.1, 0.15) is 30.9 Å². The quantitative estimate of drug-likeness (QED) is 0.694. The fourth-order valence-electron chi connectivity index (χ4n) is 4.76. The summed E-state index contributed by atoms with van der Waals surface area (Å²) >= 11 is 0. The zero-order chi connectivity index (χ0) is 23.5. The van der Waals surface area contributed by atoms with E-state index in [0.717, 1.165) is 6.07 Å². The first-order valence-corrected chi connectivity index (χ1v) is 10.5. The molecule has 32 heavy (non-hydrogen) atoms. The highest BCUT2D eigenvalue weighted by Crippen LogP contribution is 2.47. The molecule has 2 aliphatic rings. The van der Waals surface area contributed by atoms with Crippen molar-refractivity contribution in [3.8, 4) is 6.07 Å². The molecule has 1 spiro atoms. The summed E-state index contributed by atoms with van der Waals surface area (Å²) < 4.78 is 45.4. The van der Waals surface area contributed by atoms with E-state index < -0.39 is 28.6 Å². The van der Waals surface area contributed by atoms with E-state index in [1.165, 1.54) is 26.2 Å². The summed E-state index contributed by atoms with van der Waals surface area (Å²) in [4.78, 5) is 28.3. The van der Waals surface area contributed by atoms with Gasteiger partial charge in [0, 0.05) is 57.9 Å². The summed E-state index contributed by atoms with van der Waals surface area (Å²) in [6.45, 7) is 3.89. The smallest absolute Gasteiger partial charge is 0.383 e. The van der Waals surface area contributed by atoms with Crippen molar-refractivity contribution in [3.05, 3.63) is 29.3 Å². The molecule has 1 aromatic rings. The summed E-state index contributed by atoms with van der Waals surface area (Å²) in [6.07, 6.45) is -3.47. The summed E-state index contributed by atoms with van der Waals surface area (Å²) in [5, 5.41) is 11.9. The standard InChI is InChI=1S/C22H27F3N4O3/c1-15(30)28-8-5-21(6-9-28)14-29(13-19(21)20(31)27-7-10-32-2)17-4-3-16(12-26)18(11-17)22(23,24)25/h3-4,11,19H,5-10,13-14H2,1-2H3,(H,27,31). The second-order valence-corrected chi connectivity index (χ2v) is 8.42. The van der Waals surface area contributed by atoms with Crippen LogP contribution in [0.25, 0.3) is 0 Å². The van der Waals surface area contributed by atoms with E-state index in [0.29, 0.717) is 51.3 Å². The maximum atomic E-state index is 13.5. The fraction of sp³-hybridized carbons (Fsp3) is 0.591. The van der Waals surface area contributed by atoms with Crippen molar-refractivity contribution in [1.29, 1.82) is 5.26 Å². The van der Waals surface area contributed by atoms with Crippen LogP contribution < -0.4 is 10.2 Å². The van der Waals surface area contributed by atoms with Crippen LogP contribution in [0.15, 0.2) is 18.2 Å². The van der Waals surface area contributed by atoms with Gasteiger partial charge >= 0.3 is 6.18 Å². The molecule has 2 amide bonds. The summed E-state index contributed by atoms with van der Waals surface area (Å²) in [6, 6.07) is 5.26. The van der Waals surface area contributed by atoms with Crippen LogP contribution in [-0.4, -0.2) is 63.2 Å². The number of hydrogen-bond acceptors (Lipinski definition) is 5. The first-order valence-electron chi connectivity index (χ1n) is 10.5. The Kier molecular flexibility index (Phi) is 6.98. The Balaban J connectivity index is 1.89. The lowest BCUT2D eigenvalue weighted by molar-refractivity contribution is -0.138. The van der Waals surface area contributed by atoms with E-state index >= 15 is 0 Å². The van der Waals surface area contributed by atoms with Gasteiger partial charge in [0.05, 0.1) is 29.7 Å². The maximum absolute atomic E-state index is 13.5. The van der Waals surface area contributed by atoms with Gasteiger partial charge in [0.1, 0.15) is 0 Å². The molecule has 3 rings (SSSR count). The summed E-state index contributed by atoms with van der Waals surface area (Å²) in [5.74, 6) is -0.623. The zero-order valence-corrected chi connectivity index (χ0v) is 18.2. The van der Waals surface area contributed by atoms with E-state index in [1.807, 2.05) is 0 Å². The number of carbonyl (C=O) groups excluding carboxylic acids is 2. The number of piperidine rings is 1. The molecule has 174 valence electrons. The van der Waals surface area contributed by atoms with Crippen molar-refractivity contribution < 1.29 is 27.5 Å². The van der Waals surface area contributed by atoms with Gasteiger partial charge in [-0.05, 0) is 31.0 Å². The minimum Gasteiger partial charge on any atom is -0.383 e. The number of hydrogen-bond donors (Lipinski definition) is 1. The van der Waals surface area contributed by atoms with Gasteiger partial charge in [-0.25, -0.2) is 0 Å². The molecule has 1 atom stereocenters. The number of carbonyl (C=O) groups is 2. The van der Waals surface area contributed by atoms with Gasteiger partial charge in [0.25, 0.3) is 0 Å². The fourth-order valence-corrected chi connectivity index (χ4v) is 4.76. The summed E-state index contributed by atoms with van der Waals surface area (Å²) in [7, 11) is 1.53. The van der Waals surface area contributed by atoms with Crippen LogP contribution in [0.5, 0.6) is 0 Å². The predicted octanol–water partition coefficient (Wildman–Crippen LogP) is 2.40. The third-order valence-corrected chi connectivity index (χ3v) is 6.57. The highest BCUT2D eigenvalue weighted by molar-refractivity contribution is 5.81. The molecule has 0 bridgehead atoms. The lowest BCUT2D eigenvalue weighted by Gasteiger charge is -2.41. The number of benzene rings is 1. The van der Waals surface area contributed by atoms with Gasteiger partial charge in [-0.2, -0.15) is 18.4 Å². The normalized spacial score (nSPS) is 20.3. The second-order valence-electron chi connectivity index (χ2n) is 8.42. The van der Waals surface area contributed by atoms with E-state index in [9.17, 15) is 22.8 Å². The van der Waals surface area contributed by atoms with E-state index in [1.54, 1.807) is 15.9 Å². The van der Waals surface area contributed by atoms with Crippen molar-refractivity contribution in [1.82, 2.24) is 10.2 Å². The first kappa shape index (κ1) is 23.9. The van der Waals surface area contributed by atoms with Crippen molar-refractivity contribution >= 4 is 17.5 Å². The van der Waals surface area contributed by atoms with Crippen LogP contribution in [0, 0.1) is 22.7 Å². The van der Waals surface area contributed by atoms with Crippen LogP contribution in [0.3, 0.4) is 0 Å². The van der Waals surface area contributed by atoms with Crippen molar-refractivity contribution in [2.75, 3.05) is 51.3 Å². The molecule has 1 unspecified atom stereocenters. The molecule has 7 nitrogen and oxygen atoms in total. The maximum Gasteiger partial charge on any atom is 0.417 e. The van der Waals surface area contributed by atoms with Crippen LogP contribution in [0.2, 0.25) is 0 Å². The number of halogens is 3. The molecule has 2 heterocycles. The van der Waals surface area contributed by atoms with Crippen LogP contribution in [-0.2, 0) is 20.5 Å². The molecule has 0 aliphatic carbocycles. The largest absolute Gasteiger partial charge is 0.417 e. The highest BCUT2D eigenvalue weighted by atomic mass is 19.4. The molecular weight excluding hydrogens is 425 g/mol. The predicted molar refractivity (Wildman–Crippen MR) is 111 cm³/mol. The highest BCUT2D eigenvalue weighted by Gasteiger charge is 2.51. The Hall–Kier alpha value is -2.80. The number of rotatable bonds is 5. The minimum atomic E-state index is -4.65. The first-order chi connectivity index (χ1) is 15.1. The van der Waals surface area contributed by atoms with Crippen molar-refractivity contribution in [2.45, 2.75) is 25.9 Å². The number of nitrogens with one attached hydrogen (secondary N) is 1. The lowest BCUT2D eigenvalue weighted by Crippen LogP contribution is -2.49. The number of ether oxygens (including phenoxy) is 1. The van der Waals surface area contributed by atoms with Crippen LogP contribution >= 0.6 is 0 Å². The number of nitrogens with zero attached hydrogens (tertiary/aromatic N) is 3. The van der Waals surface area contributed by atoms with Crippen LogP contribution in [0.4, 0.5) is 18.9 Å². The molecule has 0 radical (unpaired) electrons. The van der Waals surface area contributed by atoms with Gasteiger partial charge in [0.15, 0.2) is 0 Å². The van der Waals surface area contributed by atoms with Gasteiger partial charge in [-0.1, -0.05) is 0 Å². The number of nitriles is 1. The van der Waals surface area contributed by atoms with Gasteiger partial charge in [-0.3, -0.25) is 9.59 Å². The number of likely N-dealkylation sites (tertiary alicyclic amines) is 1. The number of amides is 2. The van der Waals surface area contributed by atoms with E-state index in [4.69, 9.17) is 10.00 Å². The molecule has 1 N–H and O–H groups in total. The monoisotopic (exact) mass is 452 g/mol. The molecule has 2 aliphatic heterocycles. The average Bonchev–Trinajstić information content (AvgIpc) is 3.12. The van der Waals surface area contributed by atoms with Crippen molar-refractivity contribution in [3.63, 3.8) is 0 Å². The molecule has 2 fully saturated rings. The Morgan fingerprint density at radius 1 is 1.31 bits per heavy atom. The molecule has 10 heteroatoms. The van der Waals surface area contributed by atoms with E-state index in [2.05, 4.69) is 5.32 Å². The van der Waals surface area contributed by atoms with Gasteiger partial charge in [-0.15, -0.1) is 0 Å². The third-order valence-electron chi connectivity index (χ3n) is 6.57. The Morgan fingerprint density at radius 3 is 2.56 bits per heavy atom. The van der Waals surface area contributed by atoms with Crippen molar-refractivity contribution in [2.24, 2.45) is 11.3 Å². The molecule has 0 saturated carbocycles. The summed E-state index contributed by atoms with van der Waals surface area (Å²) in [5.41, 5.74) is -1.53. The molecule has 1 aromatic carbocycles. The van der Waals surface area contributed by atoms with Gasteiger partial charge < -0.3 is 19.9 Å². The Bertz CT molecular complexity index is 905. The molecular formula is C22H27F3N4O3. The lowest BCUT2D eigenvalue weighted by atomic mass is 9.70. The van der Waals surface area contributed by atoms with Gasteiger partial charge in [0.2, 0.25) is 11.8 Å². The SMILES string of the molecule is COCCNC(=O)C1CN(c2ccc(C#N)c(C(F)(F)F)c2)CC12CCN(C(C)=O)CC2. The molecule has 0 aromatic heterocycles. The Labute approximate surface area is 185 Å². The zero-order valence-electron chi connectivity index (χ0n) is 18.2. The number of anilines is 1. The number of alkyl halides is 3. The minimum absolute atomic E-state index is 0.0299. The average molecular weight is 452 g/mol. The topological polar surface area (TPSA) is 85.7 Å².